The van der Waals surface area contributed by atoms with E-state index in [0.29, 0.717) is 18.7 Å². The third-order valence-electron chi connectivity index (χ3n) is 3.35. The molecular weight excluding hydrogens is 280 g/mol. The quantitative estimate of drug-likeness (QED) is 0.893. The van der Waals surface area contributed by atoms with E-state index < -0.39 is 10.0 Å². The fraction of sp³-hybridized carbons (Fsp3) is 0.462. The van der Waals surface area contributed by atoms with Gasteiger partial charge in [-0.15, -0.1) is 0 Å². The van der Waals surface area contributed by atoms with Crippen LogP contribution in [0.25, 0.3) is 0 Å². The summed E-state index contributed by atoms with van der Waals surface area (Å²) >= 11 is 0. The minimum Gasteiger partial charge on any atom is -0.378 e. The number of hydrogen-bond donors (Lipinski definition) is 1. The maximum absolute atomic E-state index is 12.1. The molecule has 0 bridgehead atoms. The van der Waals surface area contributed by atoms with E-state index in [9.17, 15) is 13.2 Å². The number of anilines is 1. The zero-order valence-electron chi connectivity index (χ0n) is 11.3. The van der Waals surface area contributed by atoms with Crippen molar-refractivity contribution in [1.82, 2.24) is 0 Å². The second-order valence-electron chi connectivity index (χ2n) is 4.83. The van der Waals surface area contributed by atoms with Gasteiger partial charge in [-0.3, -0.25) is 4.79 Å². The van der Waals surface area contributed by atoms with Gasteiger partial charge in [0.05, 0.1) is 17.4 Å². The van der Waals surface area contributed by atoms with Crippen molar-refractivity contribution in [2.75, 3.05) is 18.6 Å². The number of sulfonamides is 1. The van der Waals surface area contributed by atoms with Crippen LogP contribution in [0.2, 0.25) is 0 Å². The highest BCUT2D eigenvalue weighted by molar-refractivity contribution is 7.89. The average Bonchev–Trinajstić information content (AvgIpc) is 2.90. The lowest BCUT2D eigenvalue weighted by Gasteiger charge is -2.19. The minimum absolute atomic E-state index is 0.00589. The molecule has 7 heteroatoms. The van der Waals surface area contributed by atoms with Crippen LogP contribution in [0.1, 0.15) is 19.3 Å². The Bertz CT molecular complexity index is 577. The smallest absolute Gasteiger partial charge is 0.238 e. The summed E-state index contributed by atoms with van der Waals surface area (Å²) in [5.41, 5.74) is 0.625. The number of rotatable bonds is 4. The number of hydrogen-bond acceptors (Lipinski definition) is 4. The molecule has 1 aliphatic rings. The predicted octanol–water partition coefficient (Wildman–Crippen LogP) is 0.866. The molecule has 0 saturated carbocycles. The van der Waals surface area contributed by atoms with Crippen LogP contribution in [-0.4, -0.2) is 34.1 Å². The molecule has 0 spiro atoms. The lowest BCUT2D eigenvalue weighted by molar-refractivity contribution is -0.120. The van der Waals surface area contributed by atoms with Crippen molar-refractivity contribution < 1.29 is 17.9 Å². The van der Waals surface area contributed by atoms with E-state index in [-0.39, 0.29) is 16.9 Å². The molecule has 1 atom stereocenters. The van der Waals surface area contributed by atoms with Crippen LogP contribution >= 0.6 is 0 Å². The maximum Gasteiger partial charge on any atom is 0.238 e. The third kappa shape index (κ3) is 3.56. The third-order valence-corrected chi connectivity index (χ3v) is 4.28. The van der Waals surface area contributed by atoms with Crippen LogP contribution < -0.4 is 10.0 Å². The first-order valence-electron chi connectivity index (χ1n) is 6.39. The number of primary sulfonamides is 1. The van der Waals surface area contributed by atoms with Gasteiger partial charge in [-0.05, 0) is 37.1 Å². The summed E-state index contributed by atoms with van der Waals surface area (Å²) in [5.74, 6) is -0.0553. The molecule has 2 rings (SSSR count). The highest BCUT2D eigenvalue weighted by Crippen LogP contribution is 2.20. The monoisotopic (exact) mass is 298 g/mol. The Hall–Kier alpha value is -1.44. The Morgan fingerprint density at radius 1 is 1.40 bits per heavy atom. The summed E-state index contributed by atoms with van der Waals surface area (Å²) in [5, 5.41) is 5.03. The van der Waals surface area contributed by atoms with Crippen molar-refractivity contribution in [3.05, 3.63) is 24.3 Å². The van der Waals surface area contributed by atoms with E-state index in [1.165, 1.54) is 17.0 Å². The van der Waals surface area contributed by atoms with E-state index in [1.54, 1.807) is 19.2 Å². The van der Waals surface area contributed by atoms with Gasteiger partial charge in [0.2, 0.25) is 15.9 Å². The van der Waals surface area contributed by atoms with Gasteiger partial charge in [-0.25, -0.2) is 13.6 Å². The van der Waals surface area contributed by atoms with Crippen LogP contribution in [0.3, 0.4) is 0 Å². The van der Waals surface area contributed by atoms with Crippen LogP contribution in [0.5, 0.6) is 0 Å². The highest BCUT2D eigenvalue weighted by Gasteiger charge is 2.22. The fourth-order valence-corrected chi connectivity index (χ4v) is 2.66. The Kier molecular flexibility index (Phi) is 4.42. The van der Waals surface area contributed by atoms with Crippen LogP contribution in [0.15, 0.2) is 29.2 Å². The highest BCUT2D eigenvalue weighted by atomic mass is 32.2. The molecule has 1 aromatic carbocycles. The summed E-state index contributed by atoms with van der Waals surface area (Å²) in [6, 6.07) is 5.90. The number of ether oxygens (including phenoxy) is 1. The van der Waals surface area contributed by atoms with Crippen molar-refractivity contribution >= 4 is 21.6 Å². The molecule has 0 aliphatic carbocycles. The van der Waals surface area contributed by atoms with Crippen LogP contribution in [0.4, 0.5) is 5.69 Å². The molecule has 1 fully saturated rings. The van der Waals surface area contributed by atoms with E-state index in [4.69, 9.17) is 9.88 Å². The summed E-state index contributed by atoms with van der Waals surface area (Å²) in [6.45, 7) is 0.713. The van der Waals surface area contributed by atoms with Crippen LogP contribution in [-0.2, 0) is 19.6 Å². The first kappa shape index (κ1) is 15.0. The van der Waals surface area contributed by atoms with Gasteiger partial charge < -0.3 is 9.64 Å². The molecule has 1 unspecified atom stereocenters. The normalized spacial score (nSPS) is 19.0. The zero-order chi connectivity index (χ0) is 14.8. The van der Waals surface area contributed by atoms with Crippen molar-refractivity contribution in [2.45, 2.75) is 30.3 Å². The molecule has 1 amide bonds. The van der Waals surface area contributed by atoms with Gasteiger partial charge in [-0.1, -0.05) is 0 Å². The molecule has 1 heterocycles. The largest absolute Gasteiger partial charge is 0.378 e. The van der Waals surface area contributed by atoms with Gasteiger partial charge >= 0.3 is 0 Å². The summed E-state index contributed by atoms with van der Waals surface area (Å²) in [4.78, 5) is 13.6. The van der Waals surface area contributed by atoms with Gasteiger partial charge in [0.1, 0.15) is 0 Å². The lowest BCUT2D eigenvalue weighted by atomic mass is 10.1. The van der Waals surface area contributed by atoms with Crippen molar-refractivity contribution in [2.24, 2.45) is 5.14 Å². The Morgan fingerprint density at radius 3 is 2.55 bits per heavy atom. The first-order valence-corrected chi connectivity index (χ1v) is 7.93. The second kappa shape index (κ2) is 5.90. The number of amides is 1. The predicted molar refractivity (Wildman–Crippen MR) is 74.8 cm³/mol. The Balaban J connectivity index is 2.04. The Morgan fingerprint density at radius 2 is 2.05 bits per heavy atom. The lowest BCUT2D eigenvalue weighted by Crippen LogP contribution is -2.29. The molecule has 110 valence electrons. The summed E-state index contributed by atoms with van der Waals surface area (Å²) in [7, 11) is -2.05. The van der Waals surface area contributed by atoms with Gasteiger partial charge in [-0.2, -0.15) is 0 Å². The second-order valence-corrected chi connectivity index (χ2v) is 6.39. The molecule has 1 saturated heterocycles. The molecule has 0 radical (unpaired) electrons. The van der Waals surface area contributed by atoms with Gasteiger partial charge in [0.15, 0.2) is 0 Å². The van der Waals surface area contributed by atoms with E-state index in [2.05, 4.69) is 0 Å². The van der Waals surface area contributed by atoms with E-state index in [0.717, 1.165) is 12.8 Å². The number of carbonyl (C=O) groups excluding carboxylic acids is 1. The van der Waals surface area contributed by atoms with Crippen molar-refractivity contribution in [1.29, 1.82) is 0 Å². The molecule has 2 N–H and O–H groups in total. The first-order chi connectivity index (χ1) is 9.38. The van der Waals surface area contributed by atoms with E-state index >= 15 is 0 Å². The fourth-order valence-electron chi connectivity index (χ4n) is 2.14. The standard InChI is InChI=1S/C13H18N2O4S/c1-15(13(16)9-11-3-2-8-19-11)10-4-6-12(7-5-10)20(14,17)18/h4-7,11H,2-3,8-9H2,1H3,(H2,14,17,18). The van der Waals surface area contributed by atoms with Crippen molar-refractivity contribution in [3.63, 3.8) is 0 Å². The van der Waals surface area contributed by atoms with Crippen LogP contribution in [0, 0.1) is 0 Å². The SMILES string of the molecule is CN(C(=O)CC1CCCO1)c1ccc(S(N)(=O)=O)cc1. The number of benzene rings is 1. The topological polar surface area (TPSA) is 89.7 Å². The number of nitrogens with two attached hydrogens (primary N) is 1. The molecule has 6 nitrogen and oxygen atoms in total. The number of nitrogens with zero attached hydrogens (tertiary/aromatic N) is 1. The zero-order valence-corrected chi connectivity index (χ0v) is 12.1. The van der Waals surface area contributed by atoms with Crippen molar-refractivity contribution in [3.8, 4) is 0 Å². The molecule has 1 aliphatic heterocycles. The Labute approximate surface area is 118 Å². The van der Waals surface area contributed by atoms with Gasteiger partial charge in [0, 0.05) is 19.3 Å². The van der Waals surface area contributed by atoms with E-state index in [1.807, 2.05) is 0 Å². The van der Waals surface area contributed by atoms with Gasteiger partial charge in [0.25, 0.3) is 0 Å². The molecule has 0 aromatic heterocycles. The summed E-state index contributed by atoms with van der Waals surface area (Å²) < 4.78 is 27.7. The molecule has 20 heavy (non-hydrogen) atoms. The summed E-state index contributed by atoms with van der Waals surface area (Å²) in [6.07, 6.45) is 2.23. The number of carbonyl (C=O) groups is 1. The minimum atomic E-state index is -3.71. The molecule has 1 aromatic rings. The maximum atomic E-state index is 12.1. The molecular formula is C13H18N2O4S. The average molecular weight is 298 g/mol.